The molecule has 1 saturated heterocycles. The van der Waals surface area contributed by atoms with Crippen LogP contribution >= 0.6 is 24.0 Å². The molecule has 2 N–H and O–H groups in total. The van der Waals surface area contributed by atoms with Gasteiger partial charge in [-0.2, -0.15) is 13.2 Å². The van der Waals surface area contributed by atoms with Crippen LogP contribution in [0, 0.1) is 5.92 Å². The van der Waals surface area contributed by atoms with E-state index in [0.29, 0.717) is 43.7 Å². The topological polar surface area (TPSA) is 76.4 Å². The second-order valence-corrected chi connectivity index (χ2v) is 7.63. The van der Waals surface area contributed by atoms with Gasteiger partial charge in [0.2, 0.25) is 0 Å². The summed E-state index contributed by atoms with van der Waals surface area (Å²) in [6.45, 7) is 7.08. The molecule has 0 amide bonds. The molecule has 3 rings (SSSR count). The van der Waals surface area contributed by atoms with Gasteiger partial charge < -0.3 is 19.9 Å². The third-order valence-electron chi connectivity index (χ3n) is 5.26. The van der Waals surface area contributed by atoms with E-state index < -0.39 is 11.7 Å². The van der Waals surface area contributed by atoms with E-state index in [1.165, 1.54) is 12.1 Å². The Morgan fingerprint density at radius 3 is 2.88 bits per heavy atom. The van der Waals surface area contributed by atoms with Crippen LogP contribution in [0.4, 0.5) is 13.2 Å². The summed E-state index contributed by atoms with van der Waals surface area (Å²) in [7, 11) is 0. The van der Waals surface area contributed by atoms with Crippen molar-refractivity contribution in [2.75, 3.05) is 26.3 Å². The molecule has 7 nitrogen and oxygen atoms in total. The molecule has 0 spiro atoms. The van der Waals surface area contributed by atoms with Gasteiger partial charge in [-0.1, -0.05) is 19.1 Å². The second kappa shape index (κ2) is 12.4. The molecule has 32 heavy (non-hydrogen) atoms. The molecule has 0 bridgehead atoms. The van der Waals surface area contributed by atoms with Crippen molar-refractivity contribution in [3.63, 3.8) is 0 Å². The number of halogens is 4. The Kier molecular flexibility index (Phi) is 10.2. The fraction of sp³-hybridized carbons (Fsp3) is 0.571. The summed E-state index contributed by atoms with van der Waals surface area (Å²) in [6.07, 6.45) is -0.941. The normalized spacial score (nSPS) is 17.7. The summed E-state index contributed by atoms with van der Waals surface area (Å²) in [5.41, 5.74) is -0.117. The van der Waals surface area contributed by atoms with E-state index in [1.807, 2.05) is 18.4 Å². The van der Waals surface area contributed by atoms with Crippen LogP contribution in [-0.4, -0.2) is 47.0 Å². The zero-order chi connectivity index (χ0) is 22.3. The summed E-state index contributed by atoms with van der Waals surface area (Å²) in [6, 6.07) is 5.00. The maximum absolute atomic E-state index is 13.1. The number of hydrogen-bond donors (Lipinski definition) is 2. The molecule has 0 saturated carbocycles. The highest BCUT2D eigenvalue weighted by Crippen LogP contribution is 2.30. The zero-order valence-electron chi connectivity index (χ0n) is 18.2. The number of hydrogen-bond acceptors (Lipinski definition) is 4. The third-order valence-corrected chi connectivity index (χ3v) is 5.26. The Bertz CT molecular complexity index is 867. The highest BCUT2D eigenvalue weighted by atomic mass is 127. The van der Waals surface area contributed by atoms with E-state index in [-0.39, 0.29) is 30.0 Å². The van der Waals surface area contributed by atoms with Gasteiger partial charge in [0.05, 0.1) is 18.2 Å². The molecule has 1 aromatic carbocycles. The molecular formula is C21H30F3IN6O. The summed E-state index contributed by atoms with van der Waals surface area (Å²) >= 11 is 0. The van der Waals surface area contributed by atoms with Crippen LogP contribution in [0.5, 0.6) is 0 Å². The van der Waals surface area contributed by atoms with E-state index in [2.05, 4.69) is 25.8 Å². The lowest BCUT2D eigenvalue weighted by molar-refractivity contribution is -0.137. The van der Waals surface area contributed by atoms with Gasteiger partial charge >= 0.3 is 6.18 Å². The predicted molar refractivity (Wildman–Crippen MR) is 127 cm³/mol. The van der Waals surface area contributed by atoms with E-state index in [4.69, 9.17) is 4.74 Å². The lowest BCUT2D eigenvalue weighted by Crippen LogP contribution is -2.40. The number of aryl methyl sites for hydroxylation is 1. The molecular weight excluding hydrogens is 536 g/mol. The number of benzene rings is 1. The standard InChI is InChI=1S/C21H29F3N6O.HI/c1-3-19-29-27-14-30(19)9-8-25-20(26-12-16-7-10-31-13-16)28-15(2)17-5-4-6-18(11-17)21(22,23)24;/h4-6,11,14-16H,3,7-10,12-13H2,1-2H3,(H2,25,26,28);1H. The number of alkyl halides is 3. The number of ether oxygens (including phenoxy) is 1. The number of rotatable bonds is 8. The molecule has 1 aliphatic heterocycles. The van der Waals surface area contributed by atoms with Gasteiger partial charge in [0.25, 0.3) is 0 Å². The van der Waals surface area contributed by atoms with Crippen LogP contribution in [0.3, 0.4) is 0 Å². The van der Waals surface area contributed by atoms with E-state index >= 15 is 0 Å². The highest BCUT2D eigenvalue weighted by molar-refractivity contribution is 14.0. The van der Waals surface area contributed by atoms with Crippen molar-refractivity contribution in [1.29, 1.82) is 0 Å². The number of aromatic nitrogens is 3. The quantitative estimate of drug-likeness (QED) is 0.289. The SMILES string of the molecule is CCc1nncn1CCNC(=NCC1CCOC1)NC(C)c1cccc(C(F)(F)F)c1.I. The average Bonchev–Trinajstić information content (AvgIpc) is 3.43. The molecule has 0 radical (unpaired) electrons. The smallest absolute Gasteiger partial charge is 0.381 e. The highest BCUT2D eigenvalue weighted by Gasteiger charge is 2.30. The average molecular weight is 566 g/mol. The Balaban J connectivity index is 0.00000363. The molecule has 1 aromatic heterocycles. The third kappa shape index (κ3) is 7.61. The Morgan fingerprint density at radius 2 is 2.19 bits per heavy atom. The summed E-state index contributed by atoms with van der Waals surface area (Å²) < 4.78 is 46.6. The first kappa shape index (κ1) is 26.4. The summed E-state index contributed by atoms with van der Waals surface area (Å²) in [5, 5.41) is 14.5. The summed E-state index contributed by atoms with van der Waals surface area (Å²) in [4.78, 5) is 4.66. The minimum absolute atomic E-state index is 0. The molecule has 178 valence electrons. The first-order chi connectivity index (χ1) is 14.9. The van der Waals surface area contributed by atoms with Crippen molar-refractivity contribution >= 4 is 29.9 Å². The summed E-state index contributed by atoms with van der Waals surface area (Å²) in [5.74, 6) is 1.81. The van der Waals surface area contributed by atoms with Crippen LogP contribution in [0.25, 0.3) is 0 Å². The molecule has 2 unspecified atom stereocenters. The van der Waals surface area contributed by atoms with Crippen LogP contribution in [-0.2, 0) is 23.9 Å². The van der Waals surface area contributed by atoms with Crippen molar-refractivity contribution in [3.05, 3.63) is 47.5 Å². The second-order valence-electron chi connectivity index (χ2n) is 7.63. The van der Waals surface area contributed by atoms with E-state index in [9.17, 15) is 13.2 Å². The molecule has 2 atom stereocenters. The molecule has 0 aliphatic carbocycles. The minimum atomic E-state index is -4.37. The van der Waals surface area contributed by atoms with Gasteiger partial charge in [0.1, 0.15) is 12.2 Å². The molecule has 1 fully saturated rings. The minimum Gasteiger partial charge on any atom is -0.381 e. The lowest BCUT2D eigenvalue weighted by Gasteiger charge is -2.20. The number of nitrogens with zero attached hydrogens (tertiary/aromatic N) is 4. The van der Waals surface area contributed by atoms with Crippen LogP contribution in [0.15, 0.2) is 35.6 Å². The largest absolute Gasteiger partial charge is 0.416 e. The first-order valence-corrected chi connectivity index (χ1v) is 10.5. The van der Waals surface area contributed by atoms with Gasteiger partial charge in [0, 0.05) is 38.6 Å². The van der Waals surface area contributed by atoms with Crippen LogP contribution in [0.1, 0.15) is 43.3 Å². The van der Waals surface area contributed by atoms with Crippen molar-refractivity contribution in [2.24, 2.45) is 10.9 Å². The van der Waals surface area contributed by atoms with Gasteiger partial charge in [-0.25, -0.2) is 0 Å². The Morgan fingerprint density at radius 1 is 1.38 bits per heavy atom. The number of guanidine groups is 1. The van der Waals surface area contributed by atoms with E-state index in [0.717, 1.165) is 31.3 Å². The van der Waals surface area contributed by atoms with Crippen molar-refractivity contribution in [1.82, 2.24) is 25.4 Å². The molecule has 11 heteroatoms. The van der Waals surface area contributed by atoms with Gasteiger partial charge in [-0.15, -0.1) is 34.2 Å². The van der Waals surface area contributed by atoms with Crippen molar-refractivity contribution in [3.8, 4) is 0 Å². The van der Waals surface area contributed by atoms with Gasteiger partial charge in [-0.05, 0) is 31.0 Å². The van der Waals surface area contributed by atoms with Gasteiger partial charge in [-0.3, -0.25) is 4.99 Å². The number of aliphatic imine (C=N–C) groups is 1. The van der Waals surface area contributed by atoms with Crippen LogP contribution < -0.4 is 10.6 Å². The fourth-order valence-electron chi connectivity index (χ4n) is 3.41. The monoisotopic (exact) mass is 566 g/mol. The first-order valence-electron chi connectivity index (χ1n) is 10.5. The molecule has 1 aliphatic rings. The molecule has 2 heterocycles. The van der Waals surface area contributed by atoms with Crippen LogP contribution in [0.2, 0.25) is 0 Å². The fourth-order valence-corrected chi connectivity index (χ4v) is 3.41. The maximum Gasteiger partial charge on any atom is 0.416 e. The van der Waals surface area contributed by atoms with Crippen molar-refractivity contribution in [2.45, 2.75) is 45.5 Å². The zero-order valence-corrected chi connectivity index (χ0v) is 20.6. The Labute approximate surface area is 203 Å². The number of nitrogens with one attached hydrogen (secondary N) is 2. The van der Waals surface area contributed by atoms with E-state index in [1.54, 1.807) is 12.4 Å². The van der Waals surface area contributed by atoms with Crippen molar-refractivity contribution < 1.29 is 17.9 Å². The Hall–Kier alpha value is -1.89. The maximum atomic E-state index is 13.1. The predicted octanol–water partition coefficient (Wildman–Crippen LogP) is 3.81. The lowest BCUT2D eigenvalue weighted by atomic mass is 10.1. The molecule has 2 aromatic rings. The van der Waals surface area contributed by atoms with Gasteiger partial charge in [0.15, 0.2) is 5.96 Å².